The monoisotopic (exact) mass is 553 g/mol. The molecule has 1 aliphatic carbocycles. The number of aryl methyl sites for hydroxylation is 1. The highest BCUT2D eigenvalue weighted by molar-refractivity contribution is 6.12. The van der Waals surface area contributed by atoms with E-state index in [2.05, 4.69) is 15.6 Å². The molecule has 1 fully saturated rings. The first-order valence-electron chi connectivity index (χ1n) is 12.8. The maximum Gasteiger partial charge on any atom is 0.416 e. The normalized spacial score (nSPS) is 13.5. The number of carbonyl (C=O) groups excluding carboxylic acids is 3. The standard InChI is InChI=1S/C30H30F3N3O4/c1-17-13-23(36-28(39)40-29(2,3)4)24(15-22(17)30(31,32)33)35-26(38)16-25(37)20-8-5-7-19(14-20)21-9-6-12-34-27(21)18-10-11-18/h5-9,12-15,18H,10-11,16H2,1-4H3,(H,35,38)(H,36,39). The first kappa shape index (κ1) is 28.8. The Morgan fingerprint density at radius 1 is 0.975 bits per heavy atom. The highest BCUT2D eigenvalue weighted by Gasteiger charge is 2.34. The number of nitrogens with zero attached hydrogens (tertiary/aromatic N) is 1. The molecule has 2 N–H and O–H groups in total. The maximum atomic E-state index is 13.6. The van der Waals surface area contributed by atoms with Gasteiger partial charge in [-0.15, -0.1) is 0 Å². The van der Waals surface area contributed by atoms with Crippen molar-refractivity contribution in [2.75, 3.05) is 10.6 Å². The summed E-state index contributed by atoms with van der Waals surface area (Å²) in [5.74, 6) is -0.957. The number of carbonyl (C=O) groups is 3. The van der Waals surface area contributed by atoms with Gasteiger partial charge in [0.1, 0.15) is 5.60 Å². The summed E-state index contributed by atoms with van der Waals surface area (Å²) in [6.45, 7) is 6.14. The van der Waals surface area contributed by atoms with E-state index in [0.29, 0.717) is 5.92 Å². The molecule has 0 aliphatic heterocycles. The highest BCUT2D eigenvalue weighted by atomic mass is 19.4. The average Bonchev–Trinajstić information content (AvgIpc) is 3.69. The molecule has 10 heteroatoms. The van der Waals surface area contributed by atoms with Gasteiger partial charge in [-0.3, -0.25) is 19.9 Å². The van der Waals surface area contributed by atoms with Crippen molar-refractivity contribution in [3.8, 4) is 11.1 Å². The summed E-state index contributed by atoms with van der Waals surface area (Å²) in [5.41, 5.74) is 0.557. The zero-order chi connectivity index (χ0) is 29.2. The van der Waals surface area contributed by atoms with Crippen LogP contribution in [-0.4, -0.2) is 28.4 Å². The number of amides is 2. The molecule has 2 aromatic carbocycles. The molecule has 210 valence electrons. The number of alkyl halides is 3. The number of halogens is 3. The van der Waals surface area contributed by atoms with Crippen LogP contribution in [0.2, 0.25) is 0 Å². The Kier molecular flexibility index (Phi) is 8.00. The smallest absolute Gasteiger partial charge is 0.416 e. The topological polar surface area (TPSA) is 97.4 Å². The predicted octanol–water partition coefficient (Wildman–Crippen LogP) is 7.51. The Morgan fingerprint density at radius 3 is 2.33 bits per heavy atom. The maximum absolute atomic E-state index is 13.6. The summed E-state index contributed by atoms with van der Waals surface area (Å²) in [5, 5.41) is 4.75. The van der Waals surface area contributed by atoms with Crippen molar-refractivity contribution >= 4 is 29.2 Å². The van der Waals surface area contributed by atoms with Gasteiger partial charge in [-0.05, 0) is 75.9 Å². The molecule has 0 radical (unpaired) electrons. The van der Waals surface area contributed by atoms with E-state index in [4.69, 9.17) is 4.74 Å². The van der Waals surface area contributed by atoms with E-state index in [9.17, 15) is 27.6 Å². The van der Waals surface area contributed by atoms with Crippen LogP contribution < -0.4 is 10.6 Å². The van der Waals surface area contributed by atoms with E-state index >= 15 is 0 Å². The minimum Gasteiger partial charge on any atom is -0.444 e. The molecule has 0 spiro atoms. The number of anilines is 2. The van der Waals surface area contributed by atoms with E-state index in [1.807, 2.05) is 18.2 Å². The Labute approximate surface area is 230 Å². The fourth-order valence-corrected chi connectivity index (χ4v) is 4.28. The third kappa shape index (κ3) is 7.25. The summed E-state index contributed by atoms with van der Waals surface area (Å²) in [6.07, 6.45) is -2.37. The zero-order valence-corrected chi connectivity index (χ0v) is 22.6. The van der Waals surface area contributed by atoms with Crippen LogP contribution in [0.3, 0.4) is 0 Å². The second-order valence-electron chi connectivity index (χ2n) is 10.8. The second-order valence-corrected chi connectivity index (χ2v) is 10.8. The largest absolute Gasteiger partial charge is 0.444 e. The van der Waals surface area contributed by atoms with Gasteiger partial charge in [-0.2, -0.15) is 13.2 Å². The lowest BCUT2D eigenvalue weighted by atomic mass is 9.97. The molecule has 0 atom stereocenters. The van der Waals surface area contributed by atoms with E-state index in [-0.39, 0.29) is 22.5 Å². The van der Waals surface area contributed by atoms with Crippen molar-refractivity contribution in [1.29, 1.82) is 0 Å². The van der Waals surface area contributed by atoms with E-state index < -0.39 is 41.5 Å². The molecule has 40 heavy (non-hydrogen) atoms. The second kappa shape index (κ2) is 11.1. The molecule has 1 saturated carbocycles. The van der Waals surface area contributed by atoms with E-state index in [1.165, 1.54) is 6.92 Å². The molecule has 0 unspecified atom stereocenters. The number of nitrogens with one attached hydrogen (secondary N) is 2. The summed E-state index contributed by atoms with van der Waals surface area (Å²) in [4.78, 5) is 42.7. The van der Waals surface area contributed by atoms with Gasteiger partial charge in [0.25, 0.3) is 0 Å². The first-order chi connectivity index (χ1) is 18.7. The number of benzene rings is 2. The molecule has 1 aromatic heterocycles. The fourth-order valence-electron chi connectivity index (χ4n) is 4.28. The van der Waals surface area contributed by atoms with Crippen LogP contribution in [0.25, 0.3) is 11.1 Å². The van der Waals surface area contributed by atoms with Crippen molar-refractivity contribution in [1.82, 2.24) is 4.98 Å². The lowest BCUT2D eigenvalue weighted by molar-refractivity contribution is -0.138. The van der Waals surface area contributed by atoms with Crippen molar-refractivity contribution in [2.45, 2.75) is 64.7 Å². The van der Waals surface area contributed by atoms with Gasteiger partial charge in [0.05, 0.1) is 29.1 Å². The van der Waals surface area contributed by atoms with Crippen molar-refractivity contribution < 1.29 is 32.3 Å². The molecule has 7 nitrogen and oxygen atoms in total. The van der Waals surface area contributed by atoms with Gasteiger partial charge in [0, 0.05) is 23.2 Å². The number of Topliss-reactive ketones (excluding diaryl/α,β-unsaturated/α-hetero) is 1. The fraction of sp³-hybridized carbons (Fsp3) is 0.333. The van der Waals surface area contributed by atoms with Crippen LogP contribution in [0.1, 0.15) is 73.1 Å². The molecule has 0 bridgehead atoms. The Balaban J connectivity index is 1.55. The summed E-state index contributed by atoms with van der Waals surface area (Å²) < 4.78 is 46.0. The Hall–Kier alpha value is -4.21. The van der Waals surface area contributed by atoms with Crippen LogP contribution in [-0.2, 0) is 15.7 Å². The molecule has 0 saturated heterocycles. The molecule has 2 amide bonds. The van der Waals surface area contributed by atoms with E-state index in [1.54, 1.807) is 45.2 Å². The minimum atomic E-state index is -4.70. The van der Waals surface area contributed by atoms with Crippen LogP contribution in [0.5, 0.6) is 0 Å². The van der Waals surface area contributed by atoms with Crippen molar-refractivity contribution in [3.63, 3.8) is 0 Å². The molecule has 3 aromatic rings. The summed E-state index contributed by atoms with van der Waals surface area (Å²) in [7, 11) is 0. The SMILES string of the molecule is Cc1cc(NC(=O)OC(C)(C)C)c(NC(=O)CC(=O)c2cccc(-c3cccnc3C3CC3)c2)cc1C(F)(F)F. The van der Waals surface area contributed by atoms with Crippen molar-refractivity contribution in [2.24, 2.45) is 0 Å². The van der Waals surface area contributed by atoms with Crippen LogP contribution in [0, 0.1) is 6.92 Å². The quantitative estimate of drug-likeness (QED) is 0.233. The number of ketones is 1. The lowest BCUT2D eigenvalue weighted by Crippen LogP contribution is -2.28. The van der Waals surface area contributed by atoms with Gasteiger partial charge in [-0.25, -0.2) is 4.79 Å². The molecular weight excluding hydrogens is 523 g/mol. The summed E-state index contributed by atoms with van der Waals surface area (Å²) in [6, 6.07) is 12.4. The molecule has 1 heterocycles. The number of pyridine rings is 1. The third-order valence-corrected chi connectivity index (χ3v) is 6.20. The van der Waals surface area contributed by atoms with Gasteiger partial charge < -0.3 is 10.1 Å². The van der Waals surface area contributed by atoms with Crippen LogP contribution >= 0.6 is 0 Å². The zero-order valence-electron chi connectivity index (χ0n) is 22.6. The summed E-state index contributed by atoms with van der Waals surface area (Å²) >= 11 is 0. The number of ether oxygens (including phenoxy) is 1. The number of rotatable bonds is 7. The van der Waals surface area contributed by atoms with Crippen LogP contribution in [0.4, 0.5) is 29.3 Å². The van der Waals surface area contributed by atoms with Gasteiger partial charge >= 0.3 is 12.3 Å². The van der Waals surface area contributed by atoms with Gasteiger partial charge in [0.15, 0.2) is 5.78 Å². The highest BCUT2D eigenvalue weighted by Crippen LogP contribution is 2.43. The average molecular weight is 554 g/mol. The number of aromatic nitrogens is 1. The molecule has 1 aliphatic rings. The minimum absolute atomic E-state index is 0.0910. The van der Waals surface area contributed by atoms with E-state index in [0.717, 1.165) is 41.8 Å². The predicted molar refractivity (Wildman–Crippen MR) is 145 cm³/mol. The third-order valence-electron chi connectivity index (χ3n) is 6.20. The number of hydrogen-bond donors (Lipinski definition) is 2. The lowest BCUT2D eigenvalue weighted by Gasteiger charge is -2.21. The Morgan fingerprint density at radius 2 is 1.68 bits per heavy atom. The Bertz CT molecular complexity index is 1460. The number of hydrogen-bond acceptors (Lipinski definition) is 5. The molecule has 4 rings (SSSR count). The van der Waals surface area contributed by atoms with Gasteiger partial charge in [-0.1, -0.05) is 24.3 Å². The first-order valence-corrected chi connectivity index (χ1v) is 12.8. The molecular formula is C30H30F3N3O4. The van der Waals surface area contributed by atoms with Gasteiger partial charge in [0.2, 0.25) is 5.91 Å². The van der Waals surface area contributed by atoms with Crippen molar-refractivity contribution in [3.05, 3.63) is 77.1 Å². The van der Waals surface area contributed by atoms with Crippen LogP contribution in [0.15, 0.2) is 54.7 Å².